The van der Waals surface area contributed by atoms with Gasteiger partial charge in [-0.05, 0) is 19.4 Å². The first-order chi connectivity index (χ1) is 5.81. The molecule has 2 aliphatic heterocycles. The predicted octanol–water partition coefficient (Wildman–Crippen LogP) is 0.830. The van der Waals surface area contributed by atoms with Crippen molar-refractivity contribution in [2.24, 2.45) is 0 Å². The molecule has 1 atom stereocenters. The lowest BCUT2D eigenvalue weighted by Crippen LogP contribution is -2.66. The molecule has 0 aliphatic carbocycles. The third kappa shape index (κ3) is 1.48. The largest absolute Gasteiger partial charge is 0.311 e. The molecular weight excluding hydrogens is 155 g/mol. The van der Waals surface area contributed by atoms with Gasteiger partial charge in [-0.1, -0.05) is 12.8 Å². The topological polar surface area (TPSA) is 24.1 Å². The third-order valence-electron chi connectivity index (χ3n) is 3.02. The second-order valence-corrected chi connectivity index (χ2v) is 3.99. The molecule has 0 saturated carbocycles. The molecule has 0 radical (unpaired) electrons. The molecule has 12 heavy (non-hydrogen) atoms. The summed E-state index contributed by atoms with van der Waals surface area (Å²) in [7, 11) is 0. The highest BCUT2D eigenvalue weighted by Crippen LogP contribution is 2.26. The Morgan fingerprint density at radius 1 is 1.17 bits per heavy atom. The van der Waals surface area contributed by atoms with Crippen LogP contribution in [0.4, 0.5) is 4.39 Å². The van der Waals surface area contributed by atoms with Crippen LogP contribution in [0.1, 0.15) is 25.7 Å². The Bertz CT molecular complexity index is 149. The maximum atomic E-state index is 13.8. The highest BCUT2D eigenvalue weighted by Gasteiger charge is 2.44. The molecule has 70 valence electrons. The number of nitrogens with one attached hydrogen (secondary N) is 2. The van der Waals surface area contributed by atoms with Crippen LogP contribution >= 0.6 is 0 Å². The zero-order valence-corrected chi connectivity index (χ0v) is 7.41. The van der Waals surface area contributed by atoms with Gasteiger partial charge in [0.2, 0.25) is 0 Å². The van der Waals surface area contributed by atoms with Crippen LogP contribution in [0.2, 0.25) is 0 Å². The van der Waals surface area contributed by atoms with E-state index in [1.54, 1.807) is 0 Å². The zero-order valence-electron chi connectivity index (χ0n) is 7.41. The van der Waals surface area contributed by atoms with E-state index in [1.807, 2.05) is 0 Å². The number of rotatable bonds is 1. The van der Waals surface area contributed by atoms with Gasteiger partial charge >= 0.3 is 0 Å². The van der Waals surface area contributed by atoms with Crippen molar-refractivity contribution in [2.45, 2.75) is 37.4 Å². The van der Waals surface area contributed by atoms with Crippen LogP contribution in [0, 0.1) is 0 Å². The third-order valence-corrected chi connectivity index (χ3v) is 3.02. The van der Waals surface area contributed by atoms with E-state index in [4.69, 9.17) is 0 Å². The molecule has 2 fully saturated rings. The summed E-state index contributed by atoms with van der Waals surface area (Å²) < 4.78 is 13.8. The highest BCUT2D eigenvalue weighted by molar-refractivity contribution is 5.02. The number of alkyl halides is 1. The Balaban J connectivity index is 1.91. The molecule has 1 unspecified atom stereocenters. The van der Waals surface area contributed by atoms with Crippen molar-refractivity contribution in [3.8, 4) is 0 Å². The monoisotopic (exact) mass is 172 g/mol. The molecule has 2 heterocycles. The maximum Gasteiger partial charge on any atom is 0.150 e. The molecule has 2 saturated heterocycles. The van der Waals surface area contributed by atoms with Gasteiger partial charge in [-0.2, -0.15) is 0 Å². The molecule has 2 N–H and O–H groups in total. The predicted molar refractivity (Wildman–Crippen MR) is 47.0 cm³/mol. The average molecular weight is 172 g/mol. The second kappa shape index (κ2) is 3.30. The van der Waals surface area contributed by atoms with E-state index in [-0.39, 0.29) is 6.04 Å². The SMILES string of the molecule is FC1(C2CCCCCN2)CNC1. The first-order valence-electron chi connectivity index (χ1n) is 4.94. The van der Waals surface area contributed by atoms with Gasteiger partial charge in [-0.25, -0.2) is 4.39 Å². The normalized spacial score (nSPS) is 35.2. The highest BCUT2D eigenvalue weighted by atomic mass is 19.1. The molecule has 0 aromatic heterocycles. The molecular formula is C9H17FN2. The van der Waals surface area contributed by atoms with Gasteiger partial charge in [-0.3, -0.25) is 0 Å². The minimum Gasteiger partial charge on any atom is -0.311 e. The molecule has 0 amide bonds. The van der Waals surface area contributed by atoms with E-state index in [1.165, 1.54) is 19.3 Å². The Morgan fingerprint density at radius 3 is 2.67 bits per heavy atom. The average Bonchev–Trinajstić information content (AvgIpc) is 2.27. The van der Waals surface area contributed by atoms with Crippen molar-refractivity contribution < 1.29 is 4.39 Å². The van der Waals surface area contributed by atoms with E-state index in [0.29, 0.717) is 13.1 Å². The van der Waals surface area contributed by atoms with Crippen LogP contribution in [0.15, 0.2) is 0 Å². The van der Waals surface area contributed by atoms with Gasteiger partial charge in [0.1, 0.15) is 0 Å². The van der Waals surface area contributed by atoms with Gasteiger partial charge in [0.15, 0.2) is 5.67 Å². The molecule has 0 aromatic rings. The lowest BCUT2D eigenvalue weighted by atomic mass is 9.87. The van der Waals surface area contributed by atoms with Crippen molar-refractivity contribution >= 4 is 0 Å². The van der Waals surface area contributed by atoms with Crippen LogP contribution < -0.4 is 10.6 Å². The molecule has 2 rings (SSSR count). The van der Waals surface area contributed by atoms with Crippen LogP contribution in [-0.4, -0.2) is 31.3 Å². The summed E-state index contributed by atoms with van der Waals surface area (Å²) in [6.07, 6.45) is 4.66. The Kier molecular flexibility index (Phi) is 2.33. The maximum absolute atomic E-state index is 13.8. The van der Waals surface area contributed by atoms with Crippen molar-refractivity contribution in [3.05, 3.63) is 0 Å². The Hall–Kier alpha value is -0.150. The van der Waals surface area contributed by atoms with E-state index in [0.717, 1.165) is 13.0 Å². The Labute approximate surface area is 72.9 Å². The second-order valence-electron chi connectivity index (χ2n) is 3.99. The molecule has 0 aromatic carbocycles. The van der Waals surface area contributed by atoms with Gasteiger partial charge in [0.25, 0.3) is 0 Å². The minimum absolute atomic E-state index is 0.112. The molecule has 3 heteroatoms. The van der Waals surface area contributed by atoms with Crippen LogP contribution in [-0.2, 0) is 0 Å². The van der Waals surface area contributed by atoms with Crippen molar-refractivity contribution in [3.63, 3.8) is 0 Å². The van der Waals surface area contributed by atoms with Crippen molar-refractivity contribution in [1.29, 1.82) is 0 Å². The lowest BCUT2D eigenvalue weighted by molar-refractivity contribution is 0.0434. The number of halogens is 1. The molecule has 2 aliphatic rings. The Morgan fingerprint density at radius 2 is 2.00 bits per heavy atom. The van der Waals surface area contributed by atoms with Gasteiger partial charge in [0.05, 0.1) is 0 Å². The fourth-order valence-corrected chi connectivity index (χ4v) is 2.08. The number of hydrogen-bond donors (Lipinski definition) is 2. The first kappa shape index (κ1) is 8.45. The fraction of sp³-hybridized carbons (Fsp3) is 1.00. The van der Waals surface area contributed by atoms with E-state index >= 15 is 0 Å². The van der Waals surface area contributed by atoms with Gasteiger partial charge in [-0.15, -0.1) is 0 Å². The number of hydrogen-bond acceptors (Lipinski definition) is 2. The minimum atomic E-state index is -0.940. The van der Waals surface area contributed by atoms with Gasteiger partial charge in [0, 0.05) is 19.1 Å². The van der Waals surface area contributed by atoms with Crippen molar-refractivity contribution in [1.82, 2.24) is 10.6 Å². The standard InChI is InChI=1S/C9H17FN2/c10-9(6-11-7-9)8-4-2-1-3-5-12-8/h8,11-12H,1-7H2. The molecule has 0 spiro atoms. The van der Waals surface area contributed by atoms with E-state index < -0.39 is 5.67 Å². The summed E-state index contributed by atoms with van der Waals surface area (Å²) in [5, 5.41) is 6.31. The fourth-order valence-electron chi connectivity index (χ4n) is 2.08. The van der Waals surface area contributed by atoms with E-state index in [2.05, 4.69) is 10.6 Å². The molecule has 2 nitrogen and oxygen atoms in total. The van der Waals surface area contributed by atoms with Crippen LogP contribution in [0.5, 0.6) is 0 Å². The quantitative estimate of drug-likeness (QED) is 0.612. The summed E-state index contributed by atoms with van der Waals surface area (Å²) in [5.74, 6) is 0. The molecule has 0 bridgehead atoms. The first-order valence-corrected chi connectivity index (χ1v) is 4.94. The van der Waals surface area contributed by atoms with Gasteiger partial charge < -0.3 is 10.6 Å². The van der Waals surface area contributed by atoms with Crippen LogP contribution in [0.3, 0.4) is 0 Å². The van der Waals surface area contributed by atoms with Crippen molar-refractivity contribution in [2.75, 3.05) is 19.6 Å². The van der Waals surface area contributed by atoms with E-state index in [9.17, 15) is 4.39 Å². The summed E-state index contributed by atoms with van der Waals surface area (Å²) in [6, 6.07) is 0.112. The zero-order chi connectivity index (χ0) is 8.44. The summed E-state index contributed by atoms with van der Waals surface area (Å²) in [6.45, 7) is 2.09. The van der Waals surface area contributed by atoms with Crippen LogP contribution in [0.25, 0.3) is 0 Å². The summed E-state index contributed by atoms with van der Waals surface area (Å²) >= 11 is 0. The lowest BCUT2D eigenvalue weighted by Gasteiger charge is -2.41. The smallest absolute Gasteiger partial charge is 0.150 e. The summed E-state index contributed by atoms with van der Waals surface area (Å²) in [5.41, 5.74) is -0.940. The summed E-state index contributed by atoms with van der Waals surface area (Å²) in [4.78, 5) is 0.